The standard InChI is InChI=1S/C17H16F3N5O/c1-26-16-9-15(22-11-23-16)25-6-4-24(5-7-25)14-3-2-13(17(18,19)20)8-12(14)10-21/h2-3,8-9,11H,4-7H2,1H3. The molecule has 0 aliphatic carbocycles. The molecule has 1 saturated heterocycles. The number of piperazine rings is 1. The first-order valence-corrected chi connectivity index (χ1v) is 7.89. The van der Waals surface area contributed by atoms with Gasteiger partial charge in [0.1, 0.15) is 18.2 Å². The zero-order valence-corrected chi connectivity index (χ0v) is 14.0. The topological polar surface area (TPSA) is 65.3 Å². The molecule has 2 aromatic rings. The normalized spacial score (nSPS) is 14.9. The van der Waals surface area contributed by atoms with E-state index in [4.69, 9.17) is 4.74 Å². The van der Waals surface area contributed by atoms with Crippen LogP contribution < -0.4 is 14.5 Å². The smallest absolute Gasteiger partial charge is 0.416 e. The van der Waals surface area contributed by atoms with Crippen LogP contribution in [0.5, 0.6) is 5.88 Å². The van der Waals surface area contributed by atoms with Crippen molar-refractivity contribution in [3.05, 3.63) is 41.7 Å². The summed E-state index contributed by atoms with van der Waals surface area (Å²) >= 11 is 0. The van der Waals surface area contributed by atoms with E-state index in [-0.39, 0.29) is 5.56 Å². The van der Waals surface area contributed by atoms with Crippen LogP contribution in [0.1, 0.15) is 11.1 Å². The molecule has 0 bridgehead atoms. The lowest BCUT2D eigenvalue weighted by molar-refractivity contribution is -0.137. The number of rotatable bonds is 3. The Morgan fingerprint density at radius 2 is 1.77 bits per heavy atom. The van der Waals surface area contributed by atoms with E-state index < -0.39 is 11.7 Å². The zero-order valence-electron chi connectivity index (χ0n) is 14.0. The van der Waals surface area contributed by atoms with Gasteiger partial charge >= 0.3 is 6.18 Å². The Labute approximate surface area is 148 Å². The molecule has 1 aromatic carbocycles. The lowest BCUT2D eigenvalue weighted by atomic mass is 10.1. The molecule has 1 aromatic heterocycles. The molecule has 1 fully saturated rings. The number of benzene rings is 1. The number of anilines is 2. The summed E-state index contributed by atoms with van der Waals surface area (Å²) in [7, 11) is 1.53. The fraction of sp³-hybridized carbons (Fsp3) is 0.353. The van der Waals surface area contributed by atoms with Crippen molar-refractivity contribution in [3.8, 4) is 11.9 Å². The number of hydrogen-bond acceptors (Lipinski definition) is 6. The first-order chi connectivity index (χ1) is 12.4. The summed E-state index contributed by atoms with van der Waals surface area (Å²) in [5, 5.41) is 9.24. The first-order valence-electron chi connectivity index (χ1n) is 7.89. The summed E-state index contributed by atoms with van der Waals surface area (Å²) < 4.78 is 43.6. The molecular weight excluding hydrogens is 347 g/mol. The van der Waals surface area contributed by atoms with Crippen LogP contribution in [0.3, 0.4) is 0 Å². The Kier molecular flexibility index (Phi) is 4.84. The van der Waals surface area contributed by atoms with Crippen molar-refractivity contribution in [2.75, 3.05) is 43.1 Å². The van der Waals surface area contributed by atoms with Gasteiger partial charge in [0.2, 0.25) is 5.88 Å². The number of nitrogens with zero attached hydrogens (tertiary/aromatic N) is 5. The molecule has 0 spiro atoms. The maximum Gasteiger partial charge on any atom is 0.416 e. The van der Waals surface area contributed by atoms with Crippen LogP contribution in [0.25, 0.3) is 0 Å². The maximum atomic E-state index is 12.8. The van der Waals surface area contributed by atoms with E-state index in [1.165, 1.54) is 19.5 Å². The van der Waals surface area contributed by atoms with Crippen LogP contribution in [-0.4, -0.2) is 43.3 Å². The van der Waals surface area contributed by atoms with Crippen molar-refractivity contribution in [1.82, 2.24) is 9.97 Å². The summed E-state index contributed by atoms with van der Waals surface area (Å²) in [4.78, 5) is 12.1. The lowest BCUT2D eigenvalue weighted by Gasteiger charge is -2.37. The number of alkyl halides is 3. The summed E-state index contributed by atoms with van der Waals surface area (Å²) in [6.45, 7) is 2.36. The molecule has 0 unspecified atom stereocenters. The number of methoxy groups -OCH3 is 1. The van der Waals surface area contributed by atoms with Gasteiger partial charge in [0.15, 0.2) is 0 Å². The largest absolute Gasteiger partial charge is 0.481 e. The molecule has 26 heavy (non-hydrogen) atoms. The Balaban J connectivity index is 1.75. The van der Waals surface area contributed by atoms with Gasteiger partial charge in [-0.1, -0.05) is 0 Å². The van der Waals surface area contributed by atoms with Gasteiger partial charge in [-0.05, 0) is 18.2 Å². The number of aromatic nitrogens is 2. The lowest BCUT2D eigenvalue weighted by Crippen LogP contribution is -2.47. The Morgan fingerprint density at radius 3 is 2.38 bits per heavy atom. The quantitative estimate of drug-likeness (QED) is 0.835. The highest BCUT2D eigenvalue weighted by molar-refractivity contribution is 5.61. The highest BCUT2D eigenvalue weighted by Crippen LogP contribution is 2.33. The third-order valence-corrected chi connectivity index (χ3v) is 4.23. The van der Waals surface area contributed by atoms with Crippen LogP contribution in [0.15, 0.2) is 30.6 Å². The maximum absolute atomic E-state index is 12.8. The molecule has 0 N–H and O–H groups in total. The molecule has 1 aliphatic rings. The molecular formula is C17H16F3N5O. The molecule has 6 nitrogen and oxygen atoms in total. The van der Waals surface area contributed by atoms with Gasteiger partial charge in [0, 0.05) is 32.2 Å². The van der Waals surface area contributed by atoms with E-state index in [0.717, 1.165) is 18.0 Å². The summed E-state index contributed by atoms with van der Waals surface area (Å²) in [5.41, 5.74) is -0.276. The molecule has 0 atom stereocenters. The van der Waals surface area contributed by atoms with Gasteiger partial charge in [-0.2, -0.15) is 18.4 Å². The van der Waals surface area contributed by atoms with Gasteiger partial charge < -0.3 is 14.5 Å². The van der Waals surface area contributed by atoms with Crippen LogP contribution in [0.2, 0.25) is 0 Å². The summed E-state index contributed by atoms with van der Waals surface area (Å²) in [6.07, 6.45) is -3.04. The monoisotopic (exact) mass is 363 g/mol. The van der Waals surface area contributed by atoms with Crippen molar-refractivity contribution >= 4 is 11.5 Å². The molecule has 0 saturated carbocycles. The van der Waals surface area contributed by atoms with E-state index in [1.54, 1.807) is 6.07 Å². The van der Waals surface area contributed by atoms with Gasteiger partial charge in [-0.3, -0.25) is 0 Å². The Morgan fingerprint density at radius 1 is 1.08 bits per heavy atom. The Bertz CT molecular complexity index is 826. The third kappa shape index (κ3) is 3.64. The molecule has 3 rings (SSSR count). The van der Waals surface area contributed by atoms with Gasteiger partial charge in [-0.25, -0.2) is 9.97 Å². The van der Waals surface area contributed by atoms with Crippen molar-refractivity contribution in [3.63, 3.8) is 0 Å². The molecule has 9 heteroatoms. The number of nitriles is 1. The minimum Gasteiger partial charge on any atom is -0.481 e. The fourth-order valence-electron chi connectivity index (χ4n) is 2.87. The average molecular weight is 363 g/mol. The van der Waals surface area contributed by atoms with Crippen molar-refractivity contribution in [1.29, 1.82) is 5.26 Å². The average Bonchev–Trinajstić information content (AvgIpc) is 2.67. The van der Waals surface area contributed by atoms with Crippen LogP contribution in [-0.2, 0) is 6.18 Å². The highest BCUT2D eigenvalue weighted by Gasteiger charge is 2.31. The highest BCUT2D eigenvalue weighted by atomic mass is 19.4. The van der Waals surface area contributed by atoms with E-state index in [2.05, 4.69) is 9.97 Å². The number of halogens is 3. The van der Waals surface area contributed by atoms with Crippen molar-refractivity contribution in [2.24, 2.45) is 0 Å². The SMILES string of the molecule is COc1cc(N2CCN(c3ccc(C(F)(F)F)cc3C#N)CC2)ncn1. The van der Waals surface area contributed by atoms with Crippen molar-refractivity contribution in [2.45, 2.75) is 6.18 Å². The minimum atomic E-state index is -4.46. The number of hydrogen-bond donors (Lipinski definition) is 0. The first kappa shape index (κ1) is 17.8. The third-order valence-electron chi connectivity index (χ3n) is 4.23. The van der Waals surface area contributed by atoms with Crippen LogP contribution in [0.4, 0.5) is 24.7 Å². The molecule has 1 aliphatic heterocycles. The molecule has 2 heterocycles. The minimum absolute atomic E-state index is 0.0250. The van der Waals surface area contributed by atoms with Gasteiger partial charge in [0.25, 0.3) is 0 Å². The molecule has 136 valence electrons. The van der Waals surface area contributed by atoms with Crippen LogP contribution >= 0.6 is 0 Å². The van der Waals surface area contributed by atoms with Gasteiger partial charge in [0.05, 0.1) is 23.9 Å². The van der Waals surface area contributed by atoms with E-state index in [9.17, 15) is 18.4 Å². The summed E-state index contributed by atoms with van der Waals surface area (Å²) in [5.74, 6) is 1.19. The predicted octanol–water partition coefficient (Wildman–Crippen LogP) is 2.70. The Hall–Kier alpha value is -3.02. The second-order valence-electron chi connectivity index (χ2n) is 5.73. The zero-order chi connectivity index (χ0) is 18.7. The predicted molar refractivity (Wildman–Crippen MR) is 89.2 cm³/mol. The molecule has 0 radical (unpaired) electrons. The van der Waals surface area contributed by atoms with Gasteiger partial charge in [-0.15, -0.1) is 0 Å². The van der Waals surface area contributed by atoms with Crippen molar-refractivity contribution < 1.29 is 17.9 Å². The fourth-order valence-corrected chi connectivity index (χ4v) is 2.87. The van der Waals surface area contributed by atoms with E-state index in [1.807, 2.05) is 15.9 Å². The number of ether oxygens (including phenoxy) is 1. The second kappa shape index (κ2) is 7.07. The van der Waals surface area contributed by atoms with Crippen LogP contribution in [0, 0.1) is 11.3 Å². The van der Waals surface area contributed by atoms with E-state index >= 15 is 0 Å². The second-order valence-corrected chi connectivity index (χ2v) is 5.73. The van der Waals surface area contributed by atoms with E-state index in [0.29, 0.717) is 37.7 Å². The summed E-state index contributed by atoms with van der Waals surface area (Å²) in [6, 6.07) is 6.88. The molecule has 0 amide bonds.